The van der Waals surface area contributed by atoms with Gasteiger partial charge in [0.15, 0.2) is 5.78 Å². The fraction of sp³-hybridized carbons (Fsp3) is 0.346. The van der Waals surface area contributed by atoms with Gasteiger partial charge in [-0.05, 0) is 62.2 Å². The summed E-state index contributed by atoms with van der Waals surface area (Å²) in [5.41, 5.74) is 3.07. The number of Topliss-reactive ketones (excluding diaryl/α,β-unsaturated/α-hetero) is 1. The van der Waals surface area contributed by atoms with Crippen molar-refractivity contribution < 1.29 is 18.7 Å². The van der Waals surface area contributed by atoms with Crippen LogP contribution in [0.4, 0.5) is 4.39 Å². The van der Waals surface area contributed by atoms with Crippen molar-refractivity contribution in [2.75, 3.05) is 13.1 Å². The molecule has 1 amide bonds. The first-order chi connectivity index (χ1) is 16.2. The van der Waals surface area contributed by atoms with Crippen molar-refractivity contribution >= 4 is 34.6 Å². The summed E-state index contributed by atoms with van der Waals surface area (Å²) in [6, 6.07) is 7.95. The lowest BCUT2D eigenvalue weighted by Gasteiger charge is -2.44. The average molecular weight is 499 g/mol. The third-order valence-electron chi connectivity index (χ3n) is 6.78. The molecule has 2 aliphatic rings. The molecule has 5 rings (SSSR count). The Labute approximate surface area is 206 Å². The molecule has 3 heterocycles. The Morgan fingerprint density at radius 3 is 2.53 bits per heavy atom. The number of carbonyl (C=O) groups excluding carboxylic acids is 2. The zero-order valence-electron chi connectivity index (χ0n) is 19.2. The molecule has 0 unspecified atom stereocenters. The maximum absolute atomic E-state index is 13.3. The Bertz CT molecular complexity index is 1310. The van der Waals surface area contributed by atoms with Crippen molar-refractivity contribution in [3.8, 4) is 16.3 Å². The average Bonchev–Trinajstić information content (AvgIpc) is 3.19. The maximum Gasteiger partial charge on any atom is 0.265 e. The second-order valence-electron chi connectivity index (χ2n) is 9.12. The van der Waals surface area contributed by atoms with Crippen LogP contribution in [0.3, 0.4) is 0 Å². The number of fused-ring (bicyclic) bond motifs is 1. The number of piperidine rings is 1. The van der Waals surface area contributed by atoms with Gasteiger partial charge in [-0.2, -0.15) is 0 Å². The second-order valence-corrected chi connectivity index (χ2v) is 10.5. The third kappa shape index (κ3) is 3.91. The van der Waals surface area contributed by atoms with Crippen LogP contribution in [0.5, 0.6) is 5.75 Å². The van der Waals surface area contributed by atoms with Gasteiger partial charge in [-0.1, -0.05) is 11.6 Å². The fourth-order valence-corrected chi connectivity index (χ4v) is 6.04. The van der Waals surface area contributed by atoms with Gasteiger partial charge in [0.25, 0.3) is 5.91 Å². The first-order valence-corrected chi connectivity index (χ1v) is 12.4. The molecule has 0 radical (unpaired) electrons. The van der Waals surface area contributed by atoms with Crippen LogP contribution in [-0.4, -0.2) is 40.3 Å². The van der Waals surface area contributed by atoms with E-state index < -0.39 is 5.60 Å². The van der Waals surface area contributed by atoms with Crippen LogP contribution in [0, 0.1) is 26.6 Å². The Hall–Kier alpha value is -2.77. The Kier molecular flexibility index (Phi) is 5.73. The van der Waals surface area contributed by atoms with Gasteiger partial charge in [0, 0.05) is 36.5 Å². The zero-order valence-corrected chi connectivity index (χ0v) is 20.8. The molecule has 0 aliphatic carbocycles. The standard InChI is InChI=1S/C26H24ClFN2O3S/c1-14-12-20-21(15(2)22(14)27)19(31)13-26(33-20)8-10-30(11-9-26)25(32)23-16(3)29-24(34-23)17-4-6-18(28)7-5-17/h4-7,12H,8-11,13H2,1-3H3. The molecule has 0 N–H and O–H groups in total. The number of aromatic nitrogens is 1. The number of hydrogen-bond acceptors (Lipinski definition) is 5. The summed E-state index contributed by atoms with van der Waals surface area (Å²) in [6.45, 7) is 6.57. The molecule has 2 aliphatic heterocycles. The number of halogens is 2. The van der Waals surface area contributed by atoms with Crippen LogP contribution in [0.1, 0.15) is 56.1 Å². The molecular formula is C26H24ClFN2O3S. The van der Waals surface area contributed by atoms with Crippen molar-refractivity contribution in [3.05, 3.63) is 68.4 Å². The van der Waals surface area contributed by atoms with Crippen LogP contribution < -0.4 is 4.74 Å². The quantitative estimate of drug-likeness (QED) is 0.424. The van der Waals surface area contributed by atoms with Crippen LogP contribution in [-0.2, 0) is 0 Å². The molecule has 3 aromatic rings. The Morgan fingerprint density at radius 2 is 1.85 bits per heavy atom. The SMILES string of the molecule is Cc1cc2c(c(C)c1Cl)C(=O)CC1(CCN(C(=O)c3sc(-c4ccc(F)cc4)nc3C)CC1)O2. The third-order valence-corrected chi connectivity index (χ3v) is 8.55. The summed E-state index contributed by atoms with van der Waals surface area (Å²) >= 11 is 7.68. The molecule has 2 aromatic carbocycles. The van der Waals surface area contributed by atoms with Gasteiger partial charge >= 0.3 is 0 Å². The number of aryl methyl sites for hydroxylation is 2. The van der Waals surface area contributed by atoms with Gasteiger partial charge in [-0.3, -0.25) is 9.59 Å². The Morgan fingerprint density at radius 1 is 1.18 bits per heavy atom. The number of amides is 1. The molecule has 1 aromatic heterocycles. The maximum atomic E-state index is 13.3. The summed E-state index contributed by atoms with van der Waals surface area (Å²) < 4.78 is 19.7. The zero-order chi connectivity index (χ0) is 24.2. The molecule has 5 nitrogen and oxygen atoms in total. The Balaban J connectivity index is 1.33. The first kappa shape index (κ1) is 23.0. The molecule has 0 bridgehead atoms. The van der Waals surface area contributed by atoms with Crippen LogP contribution in [0.15, 0.2) is 30.3 Å². The number of nitrogens with zero attached hydrogens (tertiary/aromatic N) is 2. The van der Waals surface area contributed by atoms with Crippen LogP contribution >= 0.6 is 22.9 Å². The highest BCUT2D eigenvalue weighted by Gasteiger charge is 2.44. The number of carbonyl (C=O) groups is 2. The summed E-state index contributed by atoms with van der Waals surface area (Å²) in [4.78, 5) is 33.3. The van der Waals surface area contributed by atoms with Gasteiger partial charge in [0.05, 0.1) is 17.7 Å². The number of benzene rings is 2. The van der Waals surface area contributed by atoms with Crippen molar-refractivity contribution in [2.24, 2.45) is 0 Å². The molecular weight excluding hydrogens is 475 g/mol. The highest BCUT2D eigenvalue weighted by molar-refractivity contribution is 7.17. The lowest BCUT2D eigenvalue weighted by molar-refractivity contribution is -0.00570. The molecule has 176 valence electrons. The minimum absolute atomic E-state index is 0.0441. The lowest BCUT2D eigenvalue weighted by atomic mass is 9.81. The molecule has 0 atom stereocenters. The van der Waals surface area contributed by atoms with Gasteiger partial charge in [0.1, 0.15) is 27.1 Å². The van der Waals surface area contributed by atoms with Crippen molar-refractivity contribution in [1.82, 2.24) is 9.88 Å². The minimum Gasteiger partial charge on any atom is -0.486 e. The smallest absolute Gasteiger partial charge is 0.265 e. The van der Waals surface area contributed by atoms with Crippen LogP contribution in [0.25, 0.3) is 10.6 Å². The van der Waals surface area contributed by atoms with E-state index >= 15 is 0 Å². The predicted octanol–water partition coefficient (Wildman–Crippen LogP) is 6.17. The van der Waals surface area contributed by atoms with Gasteiger partial charge < -0.3 is 9.64 Å². The van der Waals surface area contributed by atoms with Crippen molar-refractivity contribution in [2.45, 2.75) is 45.6 Å². The van der Waals surface area contributed by atoms with E-state index in [9.17, 15) is 14.0 Å². The lowest BCUT2D eigenvalue weighted by Crippen LogP contribution is -2.52. The number of likely N-dealkylation sites (tertiary alicyclic amines) is 1. The van der Waals surface area contributed by atoms with E-state index in [4.69, 9.17) is 16.3 Å². The van der Waals surface area contributed by atoms with E-state index in [1.165, 1.54) is 23.5 Å². The fourth-order valence-electron chi connectivity index (χ4n) is 4.85. The van der Waals surface area contributed by atoms with E-state index in [0.29, 0.717) is 57.8 Å². The molecule has 1 saturated heterocycles. The highest BCUT2D eigenvalue weighted by atomic mass is 35.5. The summed E-state index contributed by atoms with van der Waals surface area (Å²) in [5.74, 6) is 0.259. The number of hydrogen-bond donors (Lipinski definition) is 0. The van der Waals surface area contributed by atoms with E-state index in [-0.39, 0.29) is 23.9 Å². The predicted molar refractivity (Wildman–Crippen MR) is 131 cm³/mol. The number of thiazole rings is 1. The highest BCUT2D eigenvalue weighted by Crippen LogP contribution is 2.43. The normalized spacial score (nSPS) is 17.0. The molecule has 34 heavy (non-hydrogen) atoms. The van der Waals surface area contributed by atoms with E-state index in [2.05, 4.69) is 4.98 Å². The molecule has 1 spiro atoms. The topological polar surface area (TPSA) is 59.5 Å². The number of rotatable bonds is 2. The molecule has 0 saturated carbocycles. The van der Waals surface area contributed by atoms with Crippen molar-refractivity contribution in [1.29, 1.82) is 0 Å². The monoisotopic (exact) mass is 498 g/mol. The summed E-state index contributed by atoms with van der Waals surface area (Å²) in [7, 11) is 0. The largest absolute Gasteiger partial charge is 0.486 e. The second kappa shape index (κ2) is 8.47. The minimum atomic E-state index is -0.602. The molecule has 1 fully saturated rings. The van der Waals surface area contributed by atoms with Gasteiger partial charge in [0.2, 0.25) is 0 Å². The number of ether oxygens (including phenoxy) is 1. The van der Waals surface area contributed by atoms with Gasteiger partial charge in [-0.25, -0.2) is 9.37 Å². The summed E-state index contributed by atoms with van der Waals surface area (Å²) in [6.07, 6.45) is 1.44. The first-order valence-electron chi connectivity index (χ1n) is 11.2. The molecule has 8 heteroatoms. The van der Waals surface area contributed by atoms with E-state index in [0.717, 1.165) is 16.7 Å². The van der Waals surface area contributed by atoms with Gasteiger partial charge in [-0.15, -0.1) is 11.3 Å². The van der Waals surface area contributed by atoms with E-state index in [1.54, 1.807) is 12.1 Å². The number of ketones is 1. The van der Waals surface area contributed by atoms with Crippen molar-refractivity contribution in [3.63, 3.8) is 0 Å². The van der Waals surface area contributed by atoms with Crippen LogP contribution in [0.2, 0.25) is 5.02 Å². The van der Waals surface area contributed by atoms with E-state index in [1.807, 2.05) is 31.7 Å². The summed E-state index contributed by atoms with van der Waals surface area (Å²) in [5, 5.41) is 1.29.